The van der Waals surface area contributed by atoms with Gasteiger partial charge in [0.25, 0.3) is 5.56 Å². The summed E-state index contributed by atoms with van der Waals surface area (Å²) >= 11 is 11.4. The first-order chi connectivity index (χ1) is 12.6. The van der Waals surface area contributed by atoms with Gasteiger partial charge in [0.15, 0.2) is 0 Å². The lowest BCUT2D eigenvalue weighted by molar-refractivity contribution is -0.137. The normalized spacial score (nSPS) is 11.6. The van der Waals surface area contributed by atoms with Gasteiger partial charge in [-0.15, -0.1) is 0 Å². The maximum atomic E-state index is 12.9. The van der Waals surface area contributed by atoms with Gasteiger partial charge in [0.2, 0.25) is 5.91 Å². The van der Waals surface area contributed by atoms with E-state index in [0.29, 0.717) is 10.5 Å². The van der Waals surface area contributed by atoms with Crippen molar-refractivity contribution in [3.63, 3.8) is 0 Å². The first kappa shape index (κ1) is 19.2. The molecule has 0 fully saturated rings. The Balaban J connectivity index is 1.83. The molecule has 1 amide bonds. The third-order valence-corrected chi connectivity index (χ3v) is 4.22. The van der Waals surface area contributed by atoms with E-state index in [0.717, 1.165) is 16.7 Å². The molecule has 0 bridgehead atoms. The van der Waals surface area contributed by atoms with Gasteiger partial charge in [-0.2, -0.15) is 13.2 Å². The standard InChI is InChI=1S/C17H10Cl2F3N3O2/c18-9-1-3-11-14(5-9)23-8-25(16(11)27)7-15(26)24-10-2-4-13(19)12(6-10)17(20,21)22/h1-6,8H,7H2,(H,24,26). The average molecular weight is 416 g/mol. The number of carbonyl (C=O) groups excluding carboxylic acids is 1. The second-order valence-corrected chi connectivity index (χ2v) is 6.42. The molecule has 27 heavy (non-hydrogen) atoms. The van der Waals surface area contributed by atoms with E-state index in [1.54, 1.807) is 0 Å². The van der Waals surface area contributed by atoms with Crippen LogP contribution in [0.3, 0.4) is 0 Å². The van der Waals surface area contributed by atoms with Crippen LogP contribution in [0.2, 0.25) is 10.0 Å². The number of carbonyl (C=O) groups is 1. The predicted molar refractivity (Wildman–Crippen MR) is 96.1 cm³/mol. The molecule has 5 nitrogen and oxygen atoms in total. The Morgan fingerprint density at radius 2 is 1.89 bits per heavy atom. The van der Waals surface area contributed by atoms with Gasteiger partial charge < -0.3 is 5.32 Å². The molecule has 1 N–H and O–H groups in total. The molecule has 0 aliphatic rings. The third-order valence-electron chi connectivity index (χ3n) is 3.66. The molecule has 0 unspecified atom stereocenters. The minimum atomic E-state index is -4.65. The van der Waals surface area contributed by atoms with Crippen molar-refractivity contribution in [3.05, 3.63) is 68.7 Å². The van der Waals surface area contributed by atoms with Gasteiger partial charge in [-0.3, -0.25) is 14.2 Å². The molecular weight excluding hydrogens is 406 g/mol. The van der Waals surface area contributed by atoms with Crippen molar-refractivity contribution in [1.29, 1.82) is 0 Å². The molecule has 0 atom stereocenters. The molecule has 0 saturated heterocycles. The molecule has 10 heteroatoms. The molecule has 0 saturated carbocycles. The van der Waals surface area contributed by atoms with Gasteiger partial charge in [-0.1, -0.05) is 23.2 Å². The highest BCUT2D eigenvalue weighted by Gasteiger charge is 2.33. The highest BCUT2D eigenvalue weighted by molar-refractivity contribution is 6.31. The third kappa shape index (κ3) is 4.23. The monoisotopic (exact) mass is 415 g/mol. The summed E-state index contributed by atoms with van der Waals surface area (Å²) in [5, 5.41) is 2.51. The number of hydrogen-bond acceptors (Lipinski definition) is 3. The predicted octanol–water partition coefficient (Wildman–Crippen LogP) is 4.36. The van der Waals surface area contributed by atoms with E-state index >= 15 is 0 Å². The maximum Gasteiger partial charge on any atom is 0.417 e. The van der Waals surface area contributed by atoms with E-state index in [9.17, 15) is 22.8 Å². The van der Waals surface area contributed by atoms with Crippen LogP contribution in [0.5, 0.6) is 0 Å². The molecule has 3 rings (SSSR count). The largest absolute Gasteiger partial charge is 0.417 e. The molecule has 2 aromatic carbocycles. The fourth-order valence-corrected chi connectivity index (χ4v) is 2.81. The van der Waals surface area contributed by atoms with E-state index in [2.05, 4.69) is 10.3 Å². The number of alkyl halides is 3. The van der Waals surface area contributed by atoms with E-state index in [-0.39, 0.29) is 11.1 Å². The van der Waals surface area contributed by atoms with Gasteiger partial charge in [-0.05, 0) is 36.4 Å². The van der Waals surface area contributed by atoms with Crippen LogP contribution < -0.4 is 10.9 Å². The first-order valence-corrected chi connectivity index (χ1v) is 8.22. The van der Waals surface area contributed by atoms with Crippen LogP contribution in [0.25, 0.3) is 10.9 Å². The van der Waals surface area contributed by atoms with Crippen LogP contribution in [0.4, 0.5) is 18.9 Å². The van der Waals surface area contributed by atoms with E-state index in [1.165, 1.54) is 30.6 Å². The van der Waals surface area contributed by atoms with Crippen LogP contribution in [0.1, 0.15) is 5.56 Å². The van der Waals surface area contributed by atoms with Crippen molar-refractivity contribution in [2.75, 3.05) is 5.32 Å². The van der Waals surface area contributed by atoms with Crippen molar-refractivity contribution >= 4 is 45.7 Å². The van der Waals surface area contributed by atoms with Crippen molar-refractivity contribution in [3.8, 4) is 0 Å². The first-order valence-electron chi connectivity index (χ1n) is 7.46. The van der Waals surface area contributed by atoms with Crippen molar-refractivity contribution < 1.29 is 18.0 Å². The lowest BCUT2D eigenvalue weighted by atomic mass is 10.2. The number of benzene rings is 2. The van der Waals surface area contributed by atoms with Gasteiger partial charge in [0, 0.05) is 10.7 Å². The SMILES string of the molecule is O=C(Cn1cnc2cc(Cl)ccc2c1=O)Nc1ccc(Cl)c(C(F)(F)F)c1. The quantitative estimate of drug-likeness (QED) is 0.690. The molecule has 0 radical (unpaired) electrons. The molecule has 0 aliphatic heterocycles. The van der Waals surface area contributed by atoms with Crippen LogP contribution in [-0.2, 0) is 17.5 Å². The Morgan fingerprint density at radius 1 is 1.15 bits per heavy atom. The number of nitrogens with one attached hydrogen (secondary N) is 1. The summed E-state index contributed by atoms with van der Waals surface area (Å²) in [5.74, 6) is -0.692. The summed E-state index contributed by atoms with van der Waals surface area (Å²) < 4.78 is 39.7. The van der Waals surface area contributed by atoms with Gasteiger partial charge in [0.1, 0.15) is 6.54 Å². The molecule has 3 aromatic rings. The summed E-state index contributed by atoms with van der Waals surface area (Å²) in [6.07, 6.45) is -3.48. The second kappa shape index (κ2) is 7.21. The maximum absolute atomic E-state index is 12.9. The highest BCUT2D eigenvalue weighted by atomic mass is 35.5. The van der Waals surface area contributed by atoms with Crippen LogP contribution in [-0.4, -0.2) is 15.5 Å². The zero-order valence-corrected chi connectivity index (χ0v) is 14.9. The Bertz CT molecular complexity index is 1100. The number of nitrogens with zero attached hydrogens (tertiary/aromatic N) is 2. The molecule has 1 aromatic heterocycles. The summed E-state index contributed by atoms with van der Waals surface area (Å²) in [6, 6.07) is 7.51. The number of anilines is 1. The summed E-state index contributed by atoms with van der Waals surface area (Å²) in [6.45, 7) is -0.422. The fourth-order valence-electron chi connectivity index (χ4n) is 2.42. The van der Waals surface area contributed by atoms with E-state index < -0.39 is 34.8 Å². The summed E-state index contributed by atoms with van der Waals surface area (Å²) in [5.41, 5.74) is -1.26. The zero-order chi connectivity index (χ0) is 19.8. The second-order valence-electron chi connectivity index (χ2n) is 5.58. The number of fused-ring (bicyclic) bond motifs is 1. The number of hydrogen-bond donors (Lipinski definition) is 1. The van der Waals surface area contributed by atoms with Gasteiger partial charge in [-0.25, -0.2) is 4.98 Å². The smallest absolute Gasteiger partial charge is 0.325 e. The van der Waals surface area contributed by atoms with Gasteiger partial charge in [0.05, 0.1) is 27.8 Å². The molecule has 0 spiro atoms. The summed E-state index contributed by atoms with van der Waals surface area (Å²) in [7, 11) is 0. The summed E-state index contributed by atoms with van der Waals surface area (Å²) in [4.78, 5) is 28.6. The highest BCUT2D eigenvalue weighted by Crippen LogP contribution is 2.36. The van der Waals surface area contributed by atoms with E-state index in [4.69, 9.17) is 23.2 Å². The molecular formula is C17H10Cl2F3N3O2. The Labute approximate surface area is 160 Å². The Kier molecular flexibility index (Phi) is 5.12. The lowest BCUT2D eigenvalue weighted by Gasteiger charge is -2.12. The zero-order valence-electron chi connectivity index (χ0n) is 13.3. The number of amides is 1. The van der Waals surface area contributed by atoms with Crippen molar-refractivity contribution in [2.24, 2.45) is 0 Å². The van der Waals surface area contributed by atoms with Crippen LogP contribution in [0, 0.1) is 0 Å². The molecule has 1 heterocycles. The number of halogens is 5. The topological polar surface area (TPSA) is 64.0 Å². The Morgan fingerprint density at radius 3 is 2.59 bits per heavy atom. The minimum absolute atomic E-state index is 0.0923. The minimum Gasteiger partial charge on any atom is -0.325 e. The molecule has 140 valence electrons. The molecule has 0 aliphatic carbocycles. The van der Waals surface area contributed by atoms with Crippen molar-refractivity contribution in [2.45, 2.75) is 12.7 Å². The number of aromatic nitrogens is 2. The van der Waals surface area contributed by atoms with Crippen LogP contribution >= 0.6 is 23.2 Å². The van der Waals surface area contributed by atoms with E-state index in [1.807, 2.05) is 0 Å². The fraction of sp³-hybridized carbons (Fsp3) is 0.118. The van der Waals surface area contributed by atoms with Crippen LogP contribution in [0.15, 0.2) is 47.5 Å². The average Bonchev–Trinajstić information content (AvgIpc) is 2.58. The number of rotatable bonds is 3. The van der Waals surface area contributed by atoms with Crippen molar-refractivity contribution in [1.82, 2.24) is 9.55 Å². The van der Waals surface area contributed by atoms with Gasteiger partial charge >= 0.3 is 6.18 Å². The Hall–Kier alpha value is -2.58. The lowest BCUT2D eigenvalue weighted by Crippen LogP contribution is -2.28.